The molecule has 130 valence electrons. The standard InChI is InChI=1S/C21H16Cl2N2O/c1-15-9-11-16(12-10-15)25-20(19-17(22)7-6-8-18(19)23)24-26-21(25)13-4-2-3-5-14-21/h2-14H,1H3. The monoisotopic (exact) mass is 382 g/mol. The molecule has 0 saturated carbocycles. The maximum Gasteiger partial charge on any atom is 0.254 e. The predicted octanol–water partition coefficient (Wildman–Crippen LogP) is 5.88. The Hall–Kier alpha value is -2.49. The van der Waals surface area contributed by atoms with Gasteiger partial charge in [-0.2, -0.15) is 0 Å². The molecule has 0 aromatic heterocycles. The van der Waals surface area contributed by atoms with E-state index in [0.29, 0.717) is 21.4 Å². The summed E-state index contributed by atoms with van der Waals surface area (Å²) in [6, 6.07) is 13.6. The van der Waals surface area contributed by atoms with Gasteiger partial charge in [-0.25, -0.2) is 0 Å². The molecule has 2 aromatic carbocycles. The van der Waals surface area contributed by atoms with Gasteiger partial charge in [-0.1, -0.05) is 76.4 Å². The number of nitrogens with zero attached hydrogens (tertiary/aromatic N) is 2. The molecule has 1 aliphatic heterocycles. The van der Waals surface area contributed by atoms with Crippen LogP contribution < -0.4 is 4.90 Å². The maximum atomic E-state index is 6.45. The summed E-state index contributed by atoms with van der Waals surface area (Å²) in [5.74, 6) is 0.570. The zero-order valence-corrected chi connectivity index (χ0v) is 15.6. The number of amidine groups is 1. The van der Waals surface area contributed by atoms with E-state index < -0.39 is 5.72 Å². The smallest absolute Gasteiger partial charge is 0.254 e. The second kappa shape index (κ2) is 6.67. The number of allylic oxidation sites excluding steroid dienone is 4. The highest BCUT2D eigenvalue weighted by atomic mass is 35.5. The minimum Gasteiger partial charge on any atom is -0.356 e. The van der Waals surface area contributed by atoms with E-state index in [4.69, 9.17) is 28.0 Å². The second-order valence-electron chi connectivity index (χ2n) is 6.13. The van der Waals surface area contributed by atoms with Crippen LogP contribution in [0.15, 0.2) is 84.1 Å². The van der Waals surface area contributed by atoms with E-state index in [1.165, 1.54) is 5.56 Å². The first-order chi connectivity index (χ1) is 12.6. The summed E-state index contributed by atoms with van der Waals surface area (Å²) >= 11 is 12.9. The average Bonchev–Trinajstić information content (AvgIpc) is 2.81. The van der Waals surface area contributed by atoms with Crippen molar-refractivity contribution >= 4 is 34.7 Å². The highest BCUT2D eigenvalue weighted by Crippen LogP contribution is 2.39. The lowest BCUT2D eigenvalue weighted by Gasteiger charge is -2.33. The summed E-state index contributed by atoms with van der Waals surface area (Å²) in [4.78, 5) is 7.92. The highest BCUT2D eigenvalue weighted by molar-refractivity contribution is 6.41. The van der Waals surface area contributed by atoms with E-state index in [1.54, 1.807) is 12.1 Å². The van der Waals surface area contributed by atoms with Crippen LogP contribution in [0.2, 0.25) is 10.0 Å². The van der Waals surface area contributed by atoms with Crippen LogP contribution in [0.4, 0.5) is 5.69 Å². The minimum atomic E-state index is -0.878. The fourth-order valence-electron chi connectivity index (χ4n) is 3.03. The largest absolute Gasteiger partial charge is 0.356 e. The normalized spacial score (nSPS) is 17.3. The van der Waals surface area contributed by atoms with Crippen LogP contribution in [-0.2, 0) is 4.84 Å². The quantitative estimate of drug-likeness (QED) is 0.647. The highest BCUT2D eigenvalue weighted by Gasteiger charge is 2.44. The van der Waals surface area contributed by atoms with Crippen molar-refractivity contribution in [1.29, 1.82) is 0 Å². The topological polar surface area (TPSA) is 24.8 Å². The molecular formula is C21H16Cl2N2O. The fraction of sp³-hybridized carbons (Fsp3) is 0.0952. The number of hydrogen-bond donors (Lipinski definition) is 0. The van der Waals surface area contributed by atoms with Crippen molar-refractivity contribution in [1.82, 2.24) is 0 Å². The number of oxime groups is 1. The van der Waals surface area contributed by atoms with Crippen LogP contribution in [0, 0.1) is 6.92 Å². The number of aryl methyl sites for hydroxylation is 1. The van der Waals surface area contributed by atoms with Gasteiger partial charge in [-0.3, -0.25) is 4.90 Å². The first-order valence-electron chi connectivity index (χ1n) is 8.22. The lowest BCUT2D eigenvalue weighted by molar-refractivity contribution is 0.0608. The molecule has 4 rings (SSSR count). The van der Waals surface area contributed by atoms with Crippen molar-refractivity contribution in [3.63, 3.8) is 0 Å². The molecule has 5 heteroatoms. The third kappa shape index (κ3) is 2.83. The minimum absolute atomic E-state index is 0.522. The van der Waals surface area contributed by atoms with E-state index in [1.807, 2.05) is 59.6 Å². The number of hydrogen-bond acceptors (Lipinski definition) is 3. The summed E-state index contributed by atoms with van der Waals surface area (Å²) in [5.41, 5.74) is 1.87. The van der Waals surface area contributed by atoms with Gasteiger partial charge in [-0.05, 0) is 43.3 Å². The van der Waals surface area contributed by atoms with Gasteiger partial charge in [0.15, 0.2) is 5.84 Å². The Bertz CT molecular complexity index is 922. The zero-order chi connectivity index (χ0) is 18.1. The third-order valence-corrected chi connectivity index (χ3v) is 4.95. The van der Waals surface area contributed by atoms with E-state index in [2.05, 4.69) is 24.2 Å². The Balaban J connectivity index is 1.90. The second-order valence-corrected chi connectivity index (χ2v) is 6.94. The lowest BCUT2D eigenvalue weighted by atomic mass is 10.1. The fourth-order valence-corrected chi connectivity index (χ4v) is 3.60. The van der Waals surface area contributed by atoms with Gasteiger partial charge in [0.25, 0.3) is 5.72 Å². The predicted molar refractivity (Wildman–Crippen MR) is 108 cm³/mol. The zero-order valence-electron chi connectivity index (χ0n) is 14.1. The maximum absolute atomic E-state index is 6.45. The third-order valence-electron chi connectivity index (χ3n) is 4.32. The number of benzene rings is 2. The summed E-state index contributed by atoms with van der Waals surface area (Å²) in [7, 11) is 0. The van der Waals surface area contributed by atoms with E-state index in [9.17, 15) is 0 Å². The molecule has 0 bridgehead atoms. The van der Waals surface area contributed by atoms with Gasteiger partial charge < -0.3 is 4.84 Å². The molecule has 0 saturated heterocycles. The lowest BCUT2D eigenvalue weighted by Crippen LogP contribution is -2.46. The molecule has 0 unspecified atom stereocenters. The average molecular weight is 383 g/mol. The van der Waals surface area contributed by atoms with Crippen LogP contribution in [-0.4, -0.2) is 11.6 Å². The molecular weight excluding hydrogens is 367 g/mol. The molecule has 1 aliphatic carbocycles. The molecule has 3 nitrogen and oxygen atoms in total. The van der Waals surface area contributed by atoms with Crippen LogP contribution in [0.1, 0.15) is 11.1 Å². The SMILES string of the molecule is Cc1ccc(N2C(c3c(Cl)cccc3Cl)=NOC23C=CC=CC=C3)cc1. The van der Waals surface area contributed by atoms with Crippen LogP contribution >= 0.6 is 23.2 Å². The summed E-state index contributed by atoms with van der Waals surface area (Å²) in [6.45, 7) is 2.05. The van der Waals surface area contributed by atoms with Crippen LogP contribution in [0.25, 0.3) is 0 Å². The van der Waals surface area contributed by atoms with Crippen molar-refractivity contribution in [2.24, 2.45) is 5.16 Å². The van der Waals surface area contributed by atoms with Gasteiger partial charge in [-0.15, -0.1) is 0 Å². The van der Waals surface area contributed by atoms with Gasteiger partial charge in [0.1, 0.15) is 0 Å². The first kappa shape index (κ1) is 17.0. The Morgan fingerprint density at radius 2 is 1.50 bits per heavy atom. The molecule has 26 heavy (non-hydrogen) atoms. The van der Waals surface area contributed by atoms with Crippen molar-refractivity contribution in [2.75, 3.05) is 4.90 Å². The Morgan fingerprint density at radius 1 is 0.885 bits per heavy atom. The summed E-state index contributed by atoms with van der Waals surface area (Å²) in [6.07, 6.45) is 11.7. The number of rotatable bonds is 2. The van der Waals surface area contributed by atoms with Crippen LogP contribution in [0.3, 0.4) is 0 Å². The van der Waals surface area contributed by atoms with Gasteiger partial charge in [0.2, 0.25) is 0 Å². The van der Waals surface area contributed by atoms with Gasteiger partial charge in [0, 0.05) is 5.69 Å². The van der Waals surface area contributed by atoms with Crippen molar-refractivity contribution < 1.29 is 4.84 Å². The van der Waals surface area contributed by atoms with E-state index >= 15 is 0 Å². The van der Waals surface area contributed by atoms with E-state index in [-0.39, 0.29) is 0 Å². The number of halogens is 2. The molecule has 0 N–H and O–H groups in total. The van der Waals surface area contributed by atoms with Crippen molar-refractivity contribution in [3.05, 3.63) is 100 Å². The Labute approximate surface area is 162 Å². The molecule has 2 aliphatic rings. The molecule has 2 aromatic rings. The molecule has 0 fully saturated rings. The molecule has 1 spiro atoms. The molecule has 0 amide bonds. The Kier molecular flexibility index (Phi) is 4.35. The van der Waals surface area contributed by atoms with Crippen molar-refractivity contribution in [2.45, 2.75) is 12.6 Å². The molecule has 1 heterocycles. The Morgan fingerprint density at radius 3 is 2.12 bits per heavy atom. The number of anilines is 1. The summed E-state index contributed by atoms with van der Waals surface area (Å²) in [5, 5.41) is 5.41. The molecule has 0 atom stereocenters. The summed E-state index contributed by atoms with van der Waals surface area (Å²) < 4.78 is 0. The van der Waals surface area contributed by atoms with Crippen molar-refractivity contribution in [3.8, 4) is 0 Å². The van der Waals surface area contributed by atoms with Gasteiger partial charge in [0.05, 0.1) is 15.6 Å². The van der Waals surface area contributed by atoms with Crippen LogP contribution in [0.5, 0.6) is 0 Å². The first-order valence-corrected chi connectivity index (χ1v) is 8.97. The van der Waals surface area contributed by atoms with E-state index in [0.717, 1.165) is 5.69 Å². The molecule has 0 radical (unpaired) electrons. The van der Waals surface area contributed by atoms with Gasteiger partial charge >= 0.3 is 0 Å².